The van der Waals surface area contributed by atoms with Gasteiger partial charge < -0.3 is 14.2 Å². The van der Waals surface area contributed by atoms with Crippen LogP contribution >= 0.6 is 24.0 Å². The molecule has 1 fully saturated rings. The Morgan fingerprint density at radius 3 is 2.64 bits per heavy atom. The fourth-order valence-corrected chi connectivity index (χ4v) is 4.23. The Balaban J connectivity index is 1.84. The average Bonchev–Trinajstić information content (AvgIpc) is 3.06. The van der Waals surface area contributed by atoms with Gasteiger partial charge in [-0.2, -0.15) is 0 Å². The van der Waals surface area contributed by atoms with Crippen molar-refractivity contribution in [3.05, 3.63) is 63.0 Å². The van der Waals surface area contributed by atoms with Gasteiger partial charge in [0, 0.05) is 12.1 Å². The second-order valence-electron chi connectivity index (χ2n) is 6.53. The average molecular weight is 489 g/mol. The molecular formula is C22H20N2O7S2. The lowest BCUT2D eigenvalue weighted by Gasteiger charge is -2.14. The van der Waals surface area contributed by atoms with Gasteiger partial charge in [0.15, 0.2) is 22.4 Å². The van der Waals surface area contributed by atoms with Gasteiger partial charge in [0.1, 0.15) is 0 Å². The summed E-state index contributed by atoms with van der Waals surface area (Å²) < 4.78 is 16.2. The lowest BCUT2D eigenvalue weighted by atomic mass is 10.1. The molecule has 2 aromatic carbocycles. The zero-order valence-corrected chi connectivity index (χ0v) is 19.4. The van der Waals surface area contributed by atoms with E-state index in [1.807, 2.05) is 6.92 Å². The monoisotopic (exact) mass is 488 g/mol. The van der Waals surface area contributed by atoms with E-state index in [0.717, 1.165) is 11.8 Å². The van der Waals surface area contributed by atoms with Crippen LogP contribution in [-0.4, -0.2) is 40.9 Å². The molecule has 0 spiro atoms. The molecule has 1 aliphatic heterocycles. The third-order valence-corrected chi connectivity index (χ3v) is 5.61. The first-order valence-electron chi connectivity index (χ1n) is 9.91. The van der Waals surface area contributed by atoms with Gasteiger partial charge in [-0.05, 0) is 43.7 Å². The SMILES string of the molecule is CCOC(=O)COc1ccc(/C=C2/SC(=S)N(c3cccc([N+](=O)[O-])c3)C2=O)cc1OCC. The highest BCUT2D eigenvalue weighted by molar-refractivity contribution is 8.27. The number of ether oxygens (including phenoxy) is 3. The van der Waals surface area contributed by atoms with Crippen molar-refractivity contribution in [2.24, 2.45) is 0 Å². The number of nitro benzene ring substituents is 1. The second kappa shape index (κ2) is 10.9. The minimum absolute atomic E-state index is 0.134. The van der Waals surface area contributed by atoms with Crippen molar-refractivity contribution in [3.8, 4) is 11.5 Å². The number of hydrogen-bond acceptors (Lipinski definition) is 9. The molecule has 9 nitrogen and oxygen atoms in total. The first-order valence-corrected chi connectivity index (χ1v) is 11.1. The van der Waals surface area contributed by atoms with Crippen LogP contribution < -0.4 is 14.4 Å². The van der Waals surface area contributed by atoms with Gasteiger partial charge >= 0.3 is 5.97 Å². The van der Waals surface area contributed by atoms with Crippen molar-refractivity contribution >= 4 is 57.6 Å². The predicted octanol–water partition coefficient (Wildman–Crippen LogP) is 4.34. The minimum Gasteiger partial charge on any atom is -0.490 e. The number of thioether (sulfide) groups is 1. The lowest BCUT2D eigenvalue weighted by molar-refractivity contribution is -0.384. The van der Waals surface area contributed by atoms with Gasteiger partial charge in [0.05, 0.1) is 28.7 Å². The summed E-state index contributed by atoms with van der Waals surface area (Å²) in [6.07, 6.45) is 1.65. The van der Waals surface area contributed by atoms with Crippen LogP contribution in [0.5, 0.6) is 11.5 Å². The number of rotatable bonds is 9. The molecule has 0 unspecified atom stereocenters. The van der Waals surface area contributed by atoms with Crippen molar-refractivity contribution in [1.29, 1.82) is 0 Å². The minimum atomic E-state index is -0.530. The molecule has 0 saturated carbocycles. The fourth-order valence-electron chi connectivity index (χ4n) is 2.93. The standard InChI is InChI=1S/C22H20N2O7S2/c1-3-29-18-10-14(8-9-17(18)31-13-20(25)30-4-2)11-19-21(26)23(22(32)33-19)15-6-5-7-16(12-15)24(27)28/h5-12H,3-4,13H2,1-2H3/b19-11+. The second-order valence-corrected chi connectivity index (χ2v) is 8.20. The largest absolute Gasteiger partial charge is 0.490 e. The number of thiocarbonyl (C=S) groups is 1. The summed E-state index contributed by atoms with van der Waals surface area (Å²) in [7, 11) is 0. The predicted molar refractivity (Wildman–Crippen MR) is 128 cm³/mol. The molecule has 33 heavy (non-hydrogen) atoms. The Morgan fingerprint density at radius 1 is 1.15 bits per heavy atom. The van der Waals surface area contributed by atoms with Crippen molar-refractivity contribution in [1.82, 2.24) is 0 Å². The number of carbonyl (C=O) groups is 2. The van der Waals surface area contributed by atoms with E-state index in [4.69, 9.17) is 26.4 Å². The summed E-state index contributed by atoms with van der Waals surface area (Å²) in [5, 5.41) is 11.1. The van der Waals surface area contributed by atoms with Gasteiger partial charge in [-0.25, -0.2) is 4.79 Å². The van der Waals surface area contributed by atoms with Crippen molar-refractivity contribution in [2.45, 2.75) is 13.8 Å². The number of non-ortho nitro benzene ring substituents is 1. The van der Waals surface area contributed by atoms with Crippen molar-refractivity contribution < 1.29 is 28.7 Å². The molecule has 0 bridgehead atoms. The highest BCUT2D eigenvalue weighted by atomic mass is 32.2. The molecule has 1 aliphatic rings. The molecule has 1 heterocycles. The number of nitro groups is 1. The molecule has 2 aromatic rings. The Hall–Kier alpha value is -3.44. The number of nitrogens with zero attached hydrogens (tertiary/aromatic N) is 2. The zero-order valence-electron chi connectivity index (χ0n) is 17.8. The molecule has 0 radical (unpaired) electrons. The van der Waals surface area contributed by atoms with Crippen LogP contribution in [0.1, 0.15) is 19.4 Å². The summed E-state index contributed by atoms with van der Waals surface area (Å²) in [6.45, 7) is 3.89. The van der Waals surface area contributed by atoms with E-state index in [-0.39, 0.29) is 29.1 Å². The molecule has 1 amide bonds. The van der Waals surface area contributed by atoms with Crippen LogP contribution in [0, 0.1) is 10.1 Å². The lowest BCUT2D eigenvalue weighted by Crippen LogP contribution is -2.27. The maximum Gasteiger partial charge on any atom is 0.344 e. The first-order chi connectivity index (χ1) is 15.8. The Labute approximate surface area is 199 Å². The van der Waals surface area contributed by atoms with E-state index >= 15 is 0 Å². The number of esters is 1. The molecule has 0 aliphatic carbocycles. The third-order valence-electron chi connectivity index (χ3n) is 4.31. The van der Waals surface area contributed by atoms with E-state index < -0.39 is 10.9 Å². The number of carbonyl (C=O) groups excluding carboxylic acids is 2. The smallest absolute Gasteiger partial charge is 0.344 e. The number of amides is 1. The van der Waals surface area contributed by atoms with Gasteiger partial charge in [-0.3, -0.25) is 19.8 Å². The Morgan fingerprint density at radius 2 is 1.94 bits per heavy atom. The van der Waals surface area contributed by atoms with E-state index in [9.17, 15) is 19.7 Å². The molecule has 0 atom stereocenters. The molecular weight excluding hydrogens is 468 g/mol. The fraction of sp³-hybridized carbons (Fsp3) is 0.227. The van der Waals surface area contributed by atoms with Crippen LogP contribution in [0.15, 0.2) is 47.4 Å². The summed E-state index contributed by atoms with van der Waals surface area (Å²) >= 11 is 6.43. The third kappa shape index (κ3) is 5.88. The Kier molecular flexibility index (Phi) is 8.01. The number of anilines is 1. The summed E-state index contributed by atoms with van der Waals surface area (Å²) in [4.78, 5) is 36.7. The van der Waals surface area contributed by atoms with Crippen LogP contribution in [0.25, 0.3) is 6.08 Å². The van der Waals surface area contributed by atoms with Crippen molar-refractivity contribution in [2.75, 3.05) is 24.7 Å². The molecule has 3 rings (SSSR count). The van der Waals surface area contributed by atoms with E-state index in [1.165, 1.54) is 23.1 Å². The normalized spacial score (nSPS) is 14.5. The van der Waals surface area contributed by atoms with Crippen LogP contribution in [-0.2, 0) is 14.3 Å². The molecule has 172 valence electrons. The topological polar surface area (TPSA) is 108 Å². The van der Waals surface area contributed by atoms with E-state index in [2.05, 4.69) is 0 Å². The summed E-state index contributed by atoms with van der Waals surface area (Å²) in [6, 6.07) is 10.8. The van der Waals surface area contributed by atoms with E-state index in [1.54, 1.807) is 37.3 Å². The van der Waals surface area contributed by atoms with E-state index in [0.29, 0.717) is 34.3 Å². The number of benzene rings is 2. The number of hydrogen-bond donors (Lipinski definition) is 0. The highest BCUT2D eigenvalue weighted by Crippen LogP contribution is 2.38. The van der Waals surface area contributed by atoms with Crippen LogP contribution in [0.4, 0.5) is 11.4 Å². The zero-order chi connectivity index (χ0) is 24.0. The molecule has 0 N–H and O–H groups in total. The molecule has 0 aromatic heterocycles. The quantitative estimate of drug-likeness (QED) is 0.167. The Bertz CT molecular complexity index is 1130. The first kappa shape index (κ1) is 24.2. The van der Waals surface area contributed by atoms with Gasteiger partial charge in [-0.15, -0.1) is 0 Å². The van der Waals surface area contributed by atoms with Crippen molar-refractivity contribution in [3.63, 3.8) is 0 Å². The van der Waals surface area contributed by atoms with Gasteiger partial charge in [0.2, 0.25) is 0 Å². The maximum absolute atomic E-state index is 13.0. The highest BCUT2D eigenvalue weighted by Gasteiger charge is 2.34. The summed E-state index contributed by atoms with van der Waals surface area (Å²) in [5.41, 5.74) is 0.847. The van der Waals surface area contributed by atoms with Crippen LogP contribution in [0.2, 0.25) is 0 Å². The summed E-state index contributed by atoms with van der Waals surface area (Å²) in [5.74, 6) is -0.101. The van der Waals surface area contributed by atoms with Gasteiger partial charge in [-0.1, -0.05) is 36.1 Å². The molecule has 1 saturated heterocycles. The maximum atomic E-state index is 13.0. The molecule has 11 heteroatoms. The van der Waals surface area contributed by atoms with Gasteiger partial charge in [0.25, 0.3) is 11.6 Å². The van der Waals surface area contributed by atoms with Crippen LogP contribution in [0.3, 0.4) is 0 Å².